The van der Waals surface area contributed by atoms with E-state index in [0.717, 1.165) is 19.5 Å². The third-order valence-electron chi connectivity index (χ3n) is 3.22. The van der Waals surface area contributed by atoms with Crippen molar-refractivity contribution in [2.75, 3.05) is 13.6 Å². The lowest BCUT2D eigenvalue weighted by Gasteiger charge is -2.18. The van der Waals surface area contributed by atoms with Gasteiger partial charge >= 0.3 is 0 Å². The number of nitrogens with zero attached hydrogens (tertiary/aromatic N) is 1. The first kappa shape index (κ1) is 14.1. The minimum Gasteiger partial charge on any atom is -0.302 e. The Morgan fingerprint density at radius 2 is 1.53 bits per heavy atom. The van der Waals surface area contributed by atoms with E-state index >= 15 is 0 Å². The molecule has 2 heteroatoms. The van der Waals surface area contributed by atoms with Gasteiger partial charge in [-0.25, -0.2) is 0 Å². The van der Waals surface area contributed by atoms with Crippen molar-refractivity contribution in [3.05, 3.63) is 71.8 Å². The second-order valence-electron chi connectivity index (χ2n) is 4.89. The number of hydrogen-bond acceptors (Lipinski definition) is 1. The minimum atomic E-state index is 0.0967. The molecular formula is C17H20ClN. The Morgan fingerprint density at radius 1 is 0.947 bits per heavy atom. The molecule has 0 amide bonds. The molecule has 0 saturated heterocycles. The van der Waals surface area contributed by atoms with Gasteiger partial charge in [-0.1, -0.05) is 60.7 Å². The maximum Gasteiger partial charge on any atom is 0.0597 e. The second kappa shape index (κ2) is 7.32. The topological polar surface area (TPSA) is 3.24 Å². The molecule has 0 spiro atoms. The lowest BCUT2D eigenvalue weighted by Crippen LogP contribution is -2.20. The van der Waals surface area contributed by atoms with E-state index < -0.39 is 0 Å². The molecule has 0 fully saturated rings. The first-order chi connectivity index (χ1) is 9.25. The van der Waals surface area contributed by atoms with Gasteiger partial charge in [-0.15, -0.1) is 11.6 Å². The van der Waals surface area contributed by atoms with Crippen LogP contribution in [0, 0.1) is 0 Å². The normalized spacial score (nSPS) is 12.6. The summed E-state index contributed by atoms with van der Waals surface area (Å²) in [5.74, 6) is 0. The van der Waals surface area contributed by atoms with Crippen LogP contribution in [0.25, 0.3) is 0 Å². The zero-order valence-corrected chi connectivity index (χ0v) is 12.1. The largest absolute Gasteiger partial charge is 0.302 e. The molecule has 19 heavy (non-hydrogen) atoms. The van der Waals surface area contributed by atoms with E-state index in [1.807, 2.05) is 24.3 Å². The molecule has 1 nitrogen and oxygen atoms in total. The fraction of sp³-hybridized carbons (Fsp3) is 0.294. The van der Waals surface area contributed by atoms with Crippen molar-refractivity contribution < 1.29 is 0 Å². The van der Waals surface area contributed by atoms with Crippen molar-refractivity contribution in [2.24, 2.45) is 0 Å². The third kappa shape index (κ3) is 4.70. The maximum atomic E-state index is 6.43. The smallest absolute Gasteiger partial charge is 0.0597 e. The number of alkyl halides is 1. The van der Waals surface area contributed by atoms with Gasteiger partial charge in [0.1, 0.15) is 0 Å². The average molecular weight is 274 g/mol. The molecule has 0 N–H and O–H groups in total. The van der Waals surface area contributed by atoms with E-state index in [1.165, 1.54) is 11.1 Å². The molecule has 0 saturated carbocycles. The average Bonchev–Trinajstić information content (AvgIpc) is 2.47. The SMILES string of the molecule is CN(CCC(Cl)c1ccccc1)Cc1ccccc1. The van der Waals surface area contributed by atoms with Crippen LogP contribution in [0.3, 0.4) is 0 Å². The Hall–Kier alpha value is -1.31. The van der Waals surface area contributed by atoms with Gasteiger partial charge in [0.2, 0.25) is 0 Å². The minimum absolute atomic E-state index is 0.0967. The highest BCUT2D eigenvalue weighted by atomic mass is 35.5. The molecule has 2 aromatic rings. The molecule has 1 atom stereocenters. The second-order valence-corrected chi connectivity index (χ2v) is 5.42. The van der Waals surface area contributed by atoms with Gasteiger partial charge < -0.3 is 4.90 Å². The Bertz CT molecular complexity index is 469. The van der Waals surface area contributed by atoms with Crippen molar-refractivity contribution >= 4 is 11.6 Å². The predicted molar refractivity (Wildman–Crippen MR) is 82.4 cm³/mol. The van der Waals surface area contributed by atoms with Crippen LogP contribution in [0.4, 0.5) is 0 Å². The fourth-order valence-electron chi connectivity index (χ4n) is 2.14. The molecule has 0 heterocycles. The Kier molecular flexibility index (Phi) is 5.44. The van der Waals surface area contributed by atoms with Crippen LogP contribution in [0.1, 0.15) is 22.9 Å². The molecule has 0 aliphatic rings. The Morgan fingerprint density at radius 3 is 2.16 bits per heavy atom. The third-order valence-corrected chi connectivity index (χ3v) is 3.69. The number of rotatable bonds is 6. The number of benzene rings is 2. The fourth-order valence-corrected chi connectivity index (χ4v) is 2.38. The van der Waals surface area contributed by atoms with Gasteiger partial charge in [0, 0.05) is 6.54 Å². The van der Waals surface area contributed by atoms with E-state index in [1.54, 1.807) is 0 Å². The molecular weight excluding hydrogens is 254 g/mol. The summed E-state index contributed by atoms with van der Waals surface area (Å²) in [6.07, 6.45) is 0.967. The molecule has 0 aromatic heterocycles. The zero-order chi connectivity index (χ0) is 13.5. The molecule has 0 aliphatic heterocycles. The number of halogens is 1. The van der Waals surface area contributed by atoms with Gasteiger partial charge in [-0.2, -0.15) is 0 Å². The summed E-state index contributed by atoms with van der Waals surface area (Å²) < 4.78 is 0. The van der Waals surface area contributed by atoms with E-state index in [4.69, 9.17) is 11.6 Å². The van der Waals surface area contributed by atoms with Crippen LogP contribution in [0.5, 0.6) is 0 Å². The standard InChI is InChI=1S/C17H20ClN/c1-19(14-15-8-4-2-5-9-15)13-12-17(18)16-10-6-3-7-11-16/h2-11,17H,12-14H2,1H3. The van der Waals surface area contributed by atoms with Crippen molar-refractivity contribution in [1.29, 1.82) is 0 Å². The zero-order valence-electron chi connectivity index (χ0n) is 11.3. The highest BCUT2D eigenvalue weighted by Crippen LogP contribution is 2.23. The monoisotopic (exact) mass is 273 g/mol. The highest BCUT2D eigenvalue weighted by Gasteiger charge is 2.08. The molecule has 1 unspecified atom stereocenters. The molecule has 0 radical (unpaired) electrons. The summed E-state index contributed by atoms with van der Waals surface area (Å²) in [5, 5.41) is 0.0967. The van der Waals surface area contributed by atoms with Gasteiger partial charge in [-0.3, -0.25) is 0 Å². The molecule has 2 rings (SSSR count). The molecule has 2 aromatic carbocycles. The molecule has 0 bridgehead atoms. The summed E-state index contributed by atoms with van der Waals surface area (Å²) in [6.45, 7) is 1.97. The van der Waals surface area contributed by atoms with Crippen LogP contribution < -0.4 is 0 Å². The highest BCUT2D eigenvalue weighted by molar-refractivity contribution is 6.20. The summed E-state index contributed by atoms with van der Waals surface area (Å²) in [7, 11) is 2.14. The first-order valence-electron chi connectivity index (χ1n) is 6.67. The summed E-state index contributed by atoms with van der Waals surface area (Å²) in [4.78, 5) is 2.31. The van der Waals surface area contributed by atoms with Crippen LogP contribution >= 0.6 is 11.6 Å². The van der Waals surface area contributed by atoms with Crippen molar-refractivity contribution in [2.45, 2.75) is 18.3 Å². The van der Waals surface area contributed by atoms with Gasteiger partial charge in [0.25, 0.3) is 0 Å². The van der Waals surface area contributed by atoms with Crippen molar-refractivity contribution in [3.8, 4) is 0 Å². The van der Waals surface area contributed by atoms with Crippen LogP contribution in [-0.2, 0) is 6.54 Å². The summed E-state index contributed by atoms with van der Waals surface area (Å²) in [6, 6.07) is 20.8. The summed E-state index contributed by atoms with van der Waals surface area (Å²) >= 11 is 6.43. The maximum absolute atomic E-state index is 6.43. The van der Waals surface area contributed by atoms with E-state index in [-0.39, 0.29) is 5.38 Å². The van der Waals surface area contributed by atoms with Crippen molar-refractivity contribution in [3.63, 3.8) is 0 Å². The van der Waals surface area contributed by atoms with Crippen LogP contribution in [0.2, 0.25) is 0 Å². The molecule has 100 valence electrons. The van der Waals surface area contributed by atoms with Crippen LogP contribution in [-0.4, -0.2) is 18.5 Å². The lowest BCUT2D eigenvalue weighted by molar-refractivity contribution is 0.320. The van der Waals surface area contributed by atoms with E-state index in [2.05, 4.69) is 48.3 Å². The number of hydrogen-bond donors (Lipinski definition) is 0. The molecule has 0 aliphatic carbocycles. The van der Waals surface area contributed by atoms with Gasteiger partial charge in [0.05, 0.1) is 5.38 Å². The Balaban J connectivity index is 1.79. The van der Waals surface area contributed by atoms with E-state index in [9.17, 15) is 0 Å². The van der Waals surface area contributed by atoms with Crippen molar-refractivity contribution in [1.82, 2.24) is 4.90 Å². The quantitative estimate of drug-likeness (QED) is 0.701. The van der Waals surface area contributed by atoms with E-state index in [0.29, 0.717) is 0 Å². The van der Waals surface area contributed by atoms with Gasteiger partial charge in [0.15, 0.2) is 0 Å². The predicted octanol–water partition coefficient (Wildman–Crippen LogP) is 4.49. The summed E-state index contributed by atoms with van der Waals surface area (Å²) in [5.41, 5.74) is 2.55. The Labute approximate surface area is 120 Å². The first-order valence-corrected chi connectivity index (χ1v) is 7.11. The lowest BCUT2D eigenvalue weighted by atomic mass is 10.1. The van der Waals surface area contributed by atoms with Crippen LogP contribution in [0.15, 0.2) is 60.7 Å². The van der Waals surface area contributed by atoms with Gasteiger partial charge in [-0.05, 0) is 31.1 Å².